The second kappa shape index (κ2) is 15.4. The Bertz CT molecular complexity index is 1770. The van der Waals surface area contributed by atoms with Crippen molar-refractivity contribution in [3.63, 3.8) is 0 Å². The molecule has 246 valence electrons. The number of nitrogens with zero attached hydrogens (tertiary/aromatic N) is 2. The summed E-state index contributed by atoms with van der Waals surface area (Å²) < 4.78 is 29.8. The van der Waals surface area contributed by atoms with Gasteiger partial charge in [-0.1, -0.05) is 115 Å². The van der Waals surface area contributed by atoms with Crippen molar-refractivity contribution in [2.45, 2.75) is 82.8 Å². The summed E-state index contributed by atoms with van der Waals surface area (Å²) in [4.78, 5) is 30.6. The van der Waals surface area contributed by atoms with E-state index in [1.807, 2.05) is 87.5 Å². The number of para-hydroxylation sites is 1. The van der Waals surface area contributed by atoms with E-state index in [0.29, 0.717) is 12.1 Å². The van der Waals surface area contributed by atoms with Crippen LogP contribution in [0.4, 0.5) is 5.69 Å². The Morgan fingerprint density at radius 1 is 0.766 bits per heavy atom. The Labute approximate surface area is 279 Å². The molecule has 0 radical (unpaired) electrons. The zero-order chi connectivity index (χ0) is 33.4. The summed E-state index contributed by atoms with van der Waals surface area (Å²) in [5.74, 6) is -0.671. The maximum atomic E-state index is 14.7. The molecule has 47 heavy (non-hydrogen) atoms. The van der Waals surface area contributed by atoms with E-state index in [4.69, 9.17) is 0 Å². The number of hydrogen-bond acceptors (Lipinski definition) is 4. The number of rotatable bonds is 12. The lowest BCUT2D eigenvalue weighted by Crippen LogP contribution is -2.55. The highest BCUT2D eigenvalue weighted by molar-refractivity contribution is 7.92. The Kier molecular flexibility index (Phi) is 11.1. The third-order valence-electron chi connectivity index (χ3n) is 8.93. The van der Waals surface area contributed by atoms with E-state index < -0.39 is 28.5 Å². The van der Waals surface area contributed by atoms with Gasteiger partial charge >= 0.3 is 0 Å². The van der Waals surface area contributed by atoms with Gasteiger partial charge in [-0.05, 0) is 68.5 Å². The predicted molar refractivity (Wildman–Crippen MR) is 188 cm³/mol. The van der Waals surface area contributed by atoms with Gasteiger partial charge in [0.15, 0.2) is 0 Å². The molecule has 1 aliphatic carbocycles. The SMILES string of the molecule is Cc1ccc(S(=O)(=O)N(CC(=O)N(Cc2cccc(C)c2)[C@@H](Cc2ccccc2)C(=O)NC2CCCCC2)c2ccccc2C)cc1. The van der Waals surface area contributed by atoms with Crippen LogP contribution in [-0.4, -0.2) is 43.8 Å². The van der Waals surface area contributed by atoms with E-state index in [9.17, 15) is 18.0 Å². The molecule has 5 rings (SSSR count). The van der Waals surface area contributed by atoms with Crippen LogP contribution in [0.3, 0.4) is 0 Å². The molecule has 1 N–H and O–H groups in total. The Hall–Kier alpha value is -4.43. The molecule has 7 nitrogen and oxygen atoms in total. The fourth-order valence-corrected chi connectivity index (χ4v) is 7.78. The zero-order valence-corrected chi connectivity index (χ0v) is 28.4. The van der Waals surface area contributed by atoms with Crippen LogP contribution in [0.5, 0.6) is 0 Å². The lowest BCUT2D eigenvalue weighted by atomic mass is 9.94. The second-order valence-electron chi connectivity index (χ2n) is 12.7. The molecule has 8 heteroatoms. The van der Waals surface area contributed by atoms with Crippen LogP contribution in [0.1, 0.15) is 59.9 Å². The van der Waals surface area contributed by atoms with Crippen LogP contribution in [-0.2, 0) is 32.6 Å². The molecule has 0 bridgehead atoms. The monoisotopic (exact) mass is 651 g/mol. The topological polar surface area (TPSA) is 86.8 Å². The van der Waals surface area contributed by atoms with Gasteiger partial charge in [-0.3, -0.25) is 13.9 Å². The van der Waals surface area contributed by atoms with Gasteiger partial charge in [-0.25, -0.2) is 8.42 Å². The average molecular weight is 652 g/mol. The molecular weight excluding hydrogens is 607 g/mol. The van der Waals surface area contributed by atoms with Crippen molar-refractivity contribution in [3.8, 4) is 0 Å². The van der Waals surface area contributed by atoms with E-state index in [-0.39, 0.29) is 23.4 Å². The number of carbonyl (C=O) groups is 2. The second-order valence-corrected chi connectivity index (χ2v) is 14.5. The maximum Gasteiger partial charge on any atom is 0.264 e. The molecule has 1 fully saturated rings. The first-order chi connectivity index (χ1) is 22.6. The summed E-state index contributed by atoms with van der Waals surface area (Å²) >= 11 is 0. The standard InChI is InChI=1S/C39H45N3O4S/c1-29-21-23-35(24-22-29)47(45,46)42(36-20-11-10-14-31(36)3)28-38(43)41(27-33-17-12-13-30(2)25-33)37(26-32-15-6-4-7-16-32)39(44)40-34-18-8-5-9-19-34/h4,6-7,10-17,20-25,34,37H,5,8-9,18-19,26-28H2,1-3H3,(H,40,44)/t37-/m0/s1. The van der Waals surface area contributed by atoms with Gasteiger partial charge in [0.25, 0.3) is 10.0 Å². The first-order valence-corrected chi connectivity index (χ1v) is 17.9. The van der Waals surface area contributed by atoms with E-state index in [1.165, 1.54) is 4.31 Å². The average Bonchev–Trinajstić information content (AvgIpc) is 3.06. The number of carbonyl (C=O) groups excluding carboxylic acids is 2. The van der Waals surface area contributed by atoms with E-state index in [2.05, 4.69) is 5.32 Å². The molecule has 0 spiro atoms. The van der Waals surface area contributed by atoms with Crippen molar-refractivity contribution >= 4 is 27.5 Å². The number of sulfonamides is 1. The molecular formula is C39H45N3O4S. The highest BCUT2D eigenvalue weighted by atomic mass is 32.2. The first kappa shape index (κ1) is 33.9. The van der Waals surface area contributed by atoms with E-state index in [0.717, 1.165) is 59.9 Å². The highest BCUT2D eigenvalue weighted by Gasteiger charge is 2.35. The van der Waals surface area contributed by atoms with Crippen LogP contribution < -0.4 is 9.62 Å². The van der Waals surface area contributed by atoms with Crippen molar-refractivity contribution < 1.29 is 18.0 Å². The maximum absolute atomic E-state index is 14.7. The fraction of sp³-hybridized carbons (Fsp3) is 0.333. The lowest BCUT2D eigenvalue weighted by Gasteiger charge is -2.35. The summed E-state index contributed by atoms with van der Waals surface area (Å²) in [6.07, 6.45) is 5.38. The van der Waals surface area contributed by atoms with E-state index in [1.54, 1.807) is 41.3 Å². The highest BCUT2D eigenvalue weighted by Crippen LogP contribution is 2.28. The normalized spacial score (nSPS) is 14.3. The van der Waals surface area contributed by atoms with Crippen LogP contribution in [0, 0.1) is 20.8 Å². The van der Waals surface area contributed by atoms with Gasteiger partial charge in [-0.2, -0.15) is 0 Å². The molecule has 1 atom stereocenters. The van der Waals surface area contributed by atoms with Gasteiger partial charge in [-0.15, -0.1) is 0 Å². The van der Waals surface area contributed by atoms with Gasteiger partial charge in [0.1, 0.15) is 12.6 Å². The van der Waals surface area contributed by atoms with Gasteiger partial charge < -0.3 is 10.2 Å². The molecule has 0 unspecified atom stereocenters. The predicted octanol–water partition coefficient (Wildman–Crippen LogP) is 6.90. The minimum Gasteiger partial charge on any atom is -0.352 e. The summed E-state index contributed by atoms with van der Waals surface area (Å²) in [6.45, 7) is 5.41. The molecule has 0 aromatic heterocycles. The van der Waals surface area contributed by atoms with Crippen LogP contribution in [0.2, 0.25) is 0 Å². The molecule has 1 saturated carbocycles. The van der Waals surface area contributed by atoms with Crippen LogP contribution in [0.15, 0.2) is 108 Å². The number of benzene rings is 4. The number of amides is 2. The number of hydrogen-bond donors (Lipinski definition) is 1. The Morgan fingerprint density at radius 3 is 2.11 bits per heavy atom. The molecule has 0 heterocycles. The van der Waals surface area contributed by atoms with Crippen LogP contribution >= 0.6 is 0 Å². The van der Waals surface area contributed by atoms with Crippen molar-refractivity contribution in [2.24, 2.45) is 0 Å². The van der Waals surface area contributed by atoms with Crippen molar-refractivity contribution in [1.82, 2.24) is 10.2 Å². The van der Waals surface area contributed by atoms with Crippen LogP contribution in [0.25, 0.3) is 0 Å². The van der Waals surface area contributed by atoms with Gasteiger partial charge in [0, 0.05) is 19.0 Å². The quantitative estimate of drug-likeness (QED) is 0.181. The molecule has 4 aromatic carbocycles. The summed E-state index contributed by atoms with van der Waals surface area (Å²) in [5, 5.41) is 3.26. The molecule has 0 saturated heterocycles. The van der Waals surface area contributed by atoms with Crippen molar-refractivity contribution in [1.29, 1.82) is 0 Å². The summed E-state index contributed by atoms with van der Waals surface area (Å²) in [6, 6.07) is 30.5. The van der Waals surface area contributed by atoms with Crippen molar-refractivity contribution in [3.05, 3.63) is 131 Å². The third-order valence-corrected chi connectivity index (χ3v) is 10.7. The molecule has 0 aliphatic heterocycles. The zero-order valence-electron chi connectivity index (χ0n) is 27.6. The summed E-state index contributed by atoms with van der Waals surface area (Å²) in [7, 11) is -4.14. The largest absolute Gasteiger partial charge is 0.352 e. The third kappa shape index (κ3) is 8.69. The molecule has 2 amide bonds. The van der Waals surface area contributed by atoms with Gasteiger partial charge in [0.2, 0.25) is 11.8 Å². The number of anilines is 1. The smallest absolute Gasteiger partial charge is 0.264 e. The van der Waals surface area contributed by atoms with Crippen molar-refractivity contribution in [2.75, 3.05) is 10.8 Å². The molecule has 4 aromatic rings. The summed E-state index contributed by atoms with van der Waals surface area (Å²) in [5.41, 5.74) is 4.89. The Morgan fingerprint density at radius 2 is 1.43 bits per heavy atom. The fourth-order valence-electron chi connectivity index (χ4n) is 6.30. The first-order valence-electron chi connectivity index (χ1n) is 16.5. The number of aryl methyl sites for hydroxylation is 3. The number of nitrogens with one attached hydrogen (secondary N) is 1. The molecule has 1 aliphatic rings. The lowest BCUT2D eigenvalue weighted by molar-refractivity contribution is -0.140. The minimum absolute atomic E-state index is 0.0517. The van der Waals surface area contributed by atoms with Gasteiger partial charge in [0.05, 0.1) is 10.6 Å². The Balaban J connectivity index is 1.57. The van der Waals surface area contributed by atoms with E-state index >= 15 is 0 Å². The minimum atomic E-state index is -4.14.